The van der Waals surface area contributed by atoms with Crippen LogP contribution in [-0.2, 0) is 27.3 Å². The Morgan fingerprint density at radius 3 is 2.44 bits per heavy atom. The second-order valence-electron chi connectivity index (χ2n) is 6.98. The number of benzene rings is 2. The van der Waals surface area contributed by atoms with Crippen molar-refractivity contribution in [2.24, 2.45) is 0 Å². The minimum absolute atomic E-state index is 0.160. The van der Waals surface area contributed by atoms with E-state index in [0.717, 1.165) is 5.56 Å². The molecule has 168 valence electrons. The van der Waals surface area contributed by atoms with Crippen molar-refractivity contribution in [2.45, 2.75) is 19.9 Å². The molecular weight excluding hydrogens is 414 g/mol. The molecule has 0 aliphatic heterocycles. The van der Waals surface area contributed by atoms with Gasteiger partial charge in [0, 0.05) is 18.5 Å². The standard InChI is InChI=1S/C23H25N3O6/c1-4-26(13-15-9-10-19(30-2)20(11-15)31-3)21(27)14-32-22(28)12-18-16-7-5-6-8-17(16)23(29)25-24-18/h5-11H,4,12-14H2,1-3H3,(H,25,29). The molecule has 1 amide bonds. The van der Waals surface area contributed by atoms with Crippen molar-refractivity contribution >= 4 is 22.6 Å². The van der Waals surface area contributed by atoms with Gasteiger partial charge >= 0.3 is 5.97 Å². The maximum absolute atomic E-state index is 12.6. The fourth-order valence-electron chi connectivity index (χ4n) is 3.30. The summed E-state index contributed by atoms with van der Waals surface area (Å²) in [6.45, 7) is 2.23. The highest BCUT2D eigenvalue weighted by molar-refractivity contribution is 5.87. The van der Waals surface area contributed by atoms with Crippen LogP contribution in [0.15, 0.2) is 47.3 Å². The number of nitrogens with one attached hydrogen (secondary N) is 1. The van der Waals surface area contributed by atoms with Gasteiger partial charge in [-0.1, -0.05) is 24.3 Å². The Kier molecular flexibility index (Phi) is 7.43. The molecular formula is C23H25N3O6. The Morgan fingerprint density at radius 1 is 1.03 bits per heavy atom. The highest BCUT2D eigenvalue weighted by Gasteiger charge is 2.17. The number of hydrogen-bond donors (Lipinski definition) is 1. The number of ether oxygens (including phenoxy) is 3. The Labute approximate surface area is 184 Å². The van der Waals surface area contributed by atoms with Crippen LogP contribution < -0.4 is 15.0 Å². The zero-order chi connectivity index (χ0) is 23.1. The third-order valence-corrected chi connectivity index (χ3v) is 5.00. The highest BCUT2D eigenvalue weighted by atomic mass is 16.5. The Hall–Kier alpha value is -3.88. The van der Waals surface area contributed by atoms with E-state index in [0.29, 0.717) is 41.1 Å². The molecule has 32 heavy (non-hydrogen) atoms. The summed E-state index contributed by atoms with van der Waals surface area (Å²) in [7, 11) is 3.10. The number of methoxy groups -OCH3 is 2. The second-order valence-corrected chi connectivity index (χ2v) is 6.98. The zero-order valence-electron chi connectivity index (χ0n) is 18.2. The SMILES string of the molecule is CCN(Cc1ccc(OC)c(OC)c1)C(=O)COC(=O)Cc1n[nH]c(=O)c2ccccc12. The summed E-state index contributed by atoms with van der Waals surface area (Å²) in [6, 6.07) is 12.3. The number of fused-ring (bicyclic) bond motifs is 1. The maximum Gasteiger partial charge on any atom is 0.312 e. The molecule has 0 aliphatic carbocycles. The van der Waals surface area contributed by atoms with Crippen LogP contribution in [0.2, 0.25) is 0 Å². The van der Waals surface area contributed by atoms with E-state index in [4.69, 9.17) is 14.2 Å². The van der Waals surface area contributed by atoms with Gasteiger partial charge in [-0.3, -0.25) is 14.4 Å². The number of rotatable bonds is 9. The van der Waals surface area contributed by atoms with Gasteiger partial charge in [-0.15, -0.1) is 0 Å². The van der Waals surface area contributed by atoms with Crippen molar-refractivity contribution in [1.82, 2.24) is 15.1 Å². The summed E-state index contributed by atoms with van der Waals surface area (Å²) >= 11 is 0. The molecule has 0 saturated heterocycles. The van der Waals surface area contributed by atoms with Crippen LogP contribution in [0.25, 0.3) is 10.8 Å². The largest absolute Gasteiger partial charge is 0.493 e. The van der Waals surface area contributed by atoms with Gasteiger partial charge in [0.1, 0.15) is 0 Å². The summed E-state index contributed by atoms with van der Waals surface area (Å²) in [5.41, 5.74) is 0.907. The molecule has 0 radical (unpaired) electrons. The van der Waals surface area contributed by atoms with E-state index in [-0.39, 0.29) is 24.5 Å². The average molecular weight is 439 g/mol. The van der Waals surface area contributed by atoms with Crippen molar-refractivity contribution < 1.29 is 23.8 Å². The number of carbonyl (C=O) groups is 2. The molecule has 3 rings (SSSR count). The Bertz CT molecular complexity index is 1170. The molecule has 0 spiro atoms. The van der Waals surface area contributed by atoms with Crippen LogP contribution in [0.1, 0.15) is 18.2 Å². The summed E-state index contributed by atoms with van der Waals surface area (Å²) < 4.78 is 15.7. The molecule has 0 fully saturated rings. The van der Waals surface area contributed by atoms with Gasteiger partial charge in [0.05, 0.1) is 31.7 Å². The second kappa shape index (κ2) is 10.4. The summed E-state index contributed by atoms with van der Waals surface area (Å²) in [6.07, 6.45) is -0.160. The van der Waals surface area contributed by atoms with E-state index in [1.54, 1.807) is 55.5 Å². The van der Waals surface area contributed by atoms with E-state index in [9.17, 15) is 14.4 Å². The third kappa shape index (κ3) is 5.23. The first-order chi connectivity index (χ1) is 15.5. The number of H-pyrrole nitrogens is 1. The van der Waals surface area contributed by atoms with Crippen molar-refractivity contribution in [1.29, 1.82) is 0 Å². The number of amides is 1. The van der Waals surface area contributed by atoms with Crippen LogP contribution in [0.4, 0.5) is 0 Å². The van der Waals surface area contributed by atoms with Gasteiger partial charge in [0.15, 0.2) is 18.1 Å². The lowest BCUT2D eigenvalue weighted by molar-refractivity contribution is -0.151. The van der Waals surface area contributed by atoms with Crippen LogP contribution in [0, 0.1) is 0 Å². The molecule has 9 heteroatoms. The van der Waals surface area contributed by atoms with Crippen molar-refractivity contribution in [3.05, 3.63) is 64.1 Å². The van der Waals surface area contributed by atoms with Crippen LogP contribution in [0.3, 0.4) is 0 Å². The van der Waals surface area contributed by atoms with Crippen molar-refractivity contribution in [2.75, 3.05) is 27.4 Å². The molecule has 1 heterocycles. The average Bonchev–Trinajstić information content (AvgIpc) is 2.82. The van der Waals surface area contributed by atoms with Crippen LogP contribution in [0.5, 0.6) is 11.5 Å². The quantitative estimate of drug-likeness (QED) is 0.508. The van der Waals surface area contributed by atoms with Gasteiger partial charge in [0.2, 0.25) is 0 Å². The molecule has 1 N–H and O–H groups in total. The number of carbonyl (C=O) groups excluding carboxylic acids is 2. The van der Waals surface area contributed by atoms with Crippen LogP contribution in [-0.4, -0.2) is 54.3 Å². The van der Waals surface area contributed by atoms with Crippen molar-refractivity contribution in [3.8, 4) is 11.5 Å². The molecule has 0 aliphatic rings. The van der Waals surface area contributed by atoms with Crippen molar-refractivity contribution in [3.63, 3.8) is 0 Å². The highest BCUT2D eigenvalue weighted by Crippen LogP contribution is 2.28. The number of hydrogen-bond acceptors (Lipinski definition) is 7. The number of nitrogens with zero attached hydrogens (tertiary/aromatic N) is 2. The minimum atomic E-state index is -0.606. The van der Waals surface area contributed by atoms with Gasteiger partial charge < -0.3 is 19.1 Å². The smallest absolute Gasteiger partial charge is 0.312 e. The lowest BCUT2D eigenvalue weighted by atomic mass is 10.1. The predicted molar refractivity (Wildman–Crippen MR) is 118 cm³/mol. The first-order valence-corrected chi connectivity index (χ1v) is 10.1. The summed E-state index contributed by atoms with van der Waals surface area (Å²) in [5.74, 6) is 0.239. The predicted octanol–water partition coefficient (Wildman–Crippen LogP) is 2.07. The summed E-state index contributed by atoms with van der Waals surface area (Å²) in [5, 5.41) is 7.34. The lowest BCUT2D eigenvalue weighted by Gasteiger charge is -2.21. The monoisotopic (exact) mass is 439 g/mol. The molecule has 0 unspecified atom stereocenters. The van der Waals surface area contributed by atoms with Gasteiger partial charge in [-0.05, 0) is 30.7 Å². The molecule has 0 saturated carbocycles. The molecule has 9 nitrogen and oxygen atoms in total. The van der Waals surface area contributed by atoms with Crippen LogP contribution >= 0.6 is 0 Å². The molecule has 1 aromatic heterocycles. The number of esters is 1. The molecule has 0 atom stereocenters. The van der Waals surface area contributed by atoms with E-state index in [1.807, 2.05) is 13.0 Å². The fourth-order valence-corrected chi connectivity index (χ4v) is 3.30. The zero-order valence-corrected chi connectivity index (χ0v) is 18.2. The molecule has 2 aromatic carbocycles. The van der Waals surface area contributed by atoms with Gasteiger partial charge in [0.25, 0.3) is 11.5 Å². The Balaban J connectivity index is 1.61. The van der Waals surface area contributed by atoms with Gasteiger partial charge in [-0.2, -0.15) is 5.10 Å². The fraction of sp³-hybridized carbons (Fsp3) is 0.304. The number of likely N-dealkylation sites (N-methyl/N-ethyl adjacent to an activating group) is 1. The number of aromatic nitrogens is 2. The third-order valence-electron chi connectivity index (χ3n) is 5.00. The first kappa shape index (κ1) is 22.8. The van der Waals surface area contributed by atoms with E-state index < -0.39 is 5.97 Å². The van der Waals surface area contributed by atoms with E-state index >= 15 is 0 Å². The molecule has 3 aromatic rings. The van der Waals surface area contributed by atoms with E-state index in [2.05, 4.69) is 10.2 Å². The van der Waals surface area contributed by atoms with Gasteiger partial charge in [-0.25, -0.2) is 5.10 Å². The maximum atomic E-state index is 12.6. The topological polar surface area (TPSA) is 111 Å². The minimum Gasteiger partial charge on any atom is -0.493 e. The number of aromatic amines is 1. The normalized spacial score (nSPS) is 10.6. The molecule has 0 bridgehead atoms. The lowest BCUT2D eigenvalue weighted by Crippen LogP contribution is -2.34. The first-order valence-electron chi connectivity index (χ1n) is 10.1. The van der Waals surface area contributed by atoms with E-state index in [1.165, 1.54) is 0 Å². The Morgan fingerprint density at radius 2 is 1.75 bits per heavy atom. The summed E-state index contributed by atoms with van der Waals surface area (Å²) in [4.78, 5) is 38.4.